The highest BCUT2D eigenvalue weighted by Gasteiger charge is 2.34. The molecule has 5 heteroatoms. The van der Waals surface area contributed by atoms with Crippen molar-refractivity contribution in [3.8, 4) is 0 Å². The van der Waals surface area contributed by atoms with Crippen LogP contribution in [0.5, 0.6) is 0 Å². The van der Waals surface area contributed by atoms with E-state index in [1.54, 1.807) is 0 Å². The third-order valence-corrected chi connectivity index (χ3v) is 4.34. The number of rotatable bonds is 2. The molecule has 1 fully saturated rings. The van der Waals surface area contributed by atoms with Gasteiger partial charge in [-0.25, -0.2) is 4.79 Å². The molecule has 1 atom stereocenters. The summed E-state index contributed by atoms with van der Waals surface area (Å²) in [7, 11) is 0. The van der Waals surface area contributed by atoms with Gasteiger partial charge in [-0.3, -0.25) is 9.69 Å². The van der Waals surface area contributed by atoms with Crippen molar-refractivity contribution in [2.24, 2.45) is 0 Å². The van der Waals surface area contributed by atoms with E-state index in [0.29, 0.717) is 13.1 Å². The Balaban J connectivity index is 1.84. The molecular formula is C16H21N3O2. The van der Waals surface area contributed by atoms with Crippen LogP contribution in [-0.2, 0) is 11.2 Å². The first-order valence-electron chi connectivity index (χ1n) is 7.53. The summed E-state index contributed by atoms with van der Waals surface area (Å²) in [5, 5.41) is 2.68. The van der Waals surface area contributed by atoms with Gasteiger partial charge in [0.15, 0.2) is 0 Å². The Hall–Kier alpha value is -2.04. The summed E-state index contributed by atoms with van der Waals surface area (Å²) in [5.74, 6) is -0.113. The number of aryl methyl sites for hydroxylation is 2. The Morgan fingerprint density at radius 2 is 2.14 bits per heavy atom. The van der Waals surface area contributed by atoms with Gasteiger partial charge in [0.25, 0.3) is 5.91 Å². The van der Waals surface area contributed by atoms with Crippen LogP contribution < -0.4 is 10.2 Å². The summed E-state index contributed by atoms with van der Waals surface area (Å²) < 4.78 is 0. The van der Waals surface area contributed by atoms with Crippen molar-refractivity contribution in [3.63, 3.8) is 0 Å². The highest BCUT2D eigenvalue weighted by atomic mass is 16.2. The van der Waals surface area contributed by atoms with Crippen molar-refractivity contribution in [1.29, 1.82) is 0 Å². The highest BCUT2D eigenvalue weighted by Crippen LogP contribution is 2.30. The van der Waals surface area contributed by atoms with Crippen LogP contribution in [0, 0.1) is 6.92 Å². The van der Waals surface area contributed by atoms with Crippen LogP contribution in [-0.4, -0.2) is 42.5 Å². The van der Waals surface area contributed by atoms with Crippen molar-refractivity contribution in [1.82, 2.24) is 10.2 Å². The monoisotopic (exact) mass is 287 g/mol. The summed E-state index contributed by atoms with van der Waals surface area (Å²) in [6, 6.07) is 5.79. The zero-order valence-corrected chi connectivity index (χ0v) is 12.6. The minimum Gasteiger partial charge on any atom is -0.360 e. The van der Waals surface area contributed by atoms with E-state index in [1.165, 1.54) is 16.0 Å². The normalized spacial score (nSPS) is 19.2. The summed E-state index contributed by atoms with van der Waals surface area (Å²) in [4.78, 5) is 27.7. The Morgan fingerprint density at radius 1 is 1.33 bits per heavy atom. The molecule has 1 aromatic rings. The maximum absolute atomic E-state index is 12.6. The molecule has 0 aromatic heterocycles. The SMILES string of the molecule is Cc1ccc2c(c1)CCCN2C(C)C(=O)N1CCNC1=O. The number of anilines is 1. The molecule has 0 bridgehead atoms. The van der Waals surface area contributed by atoms with Crippen LogP contribution in [0.2, 0.25) is 0 Å². The number of fused-ring (bicyclic) bond motifs is 1. The molecule has 3 amide bonds. The van der Waals surface area contributed by atoms with Crippen LogP contribution in [0.1, 0.15) is 24.5 Å². The molecule has 5 nitrogen and oxygen atoms in total. The molecule has 1 aromatic carbocycles. The van der Waals surface area contributed by atoms with Gasteiger partial charge in [-0.1, -0.05) is 17.7 Å². The smallest absolute Gasteiger partial charge is 0.324 e. The lowest BCUT2D eigenvalue weighted by molar-refractivity contribution is -0.128. The number of nitrogens with one attached hydrogen (secondary N) is 1. The van der Waals surface area contributed by atoms with Crippen molar-refractivity contribution >= 4 is 17.6 Å². The van der Waals surface area contributed by atoms with E-state index in [9.17, 15) is 9.59 Å². The molecule has 21 heavy (non-hydrogen) atoms. The van der Waals surface area contributed by atoms with E-state index in [1.807, 2.05) is 6.92 Å². The van der Waals surface area contributed by atoms with E-state index < -0.39 is 0 Å². The van der Waals surface area contributed by atoms with Crippen LogP contribution in [0.3, 0.4) is 0 Å². The summed E-state index contributed by atoms with van der Waals surface area (Å²) >= 11 is 0. The molecule has 1 unspecified atom stereocenters. The summed E-state index contributed by atoms with van der Waals surface area (Å²) in [6.45, 7) is 5.85. The first-order chi connectivity index (χ1) is 10.1. The largest absolute Gasteiger partial charge is 0.360 e. The number of amides is 3. The quantitative estimate of drug-likeness (QED) is 0.900. The van der Waals surface area contributed by atoms with Gasteiger partial charge in [-0.05, 0) is 38.3 Å². The molecule has 2 aliphatic heterocycles. The predicted molar refractivity (Wildman–Crippen MR) is 81.4 cm³/mol. The first-order valence-corrected chi connectivity index (χ1v) is 7.53. The molecule has 1 N–H and O–H groups in total. The second-order valence-electron chi connectivity index (χ2n) is 5.83. The minimum absolute atomic E-state index is 0.113. The number of carbonyl (C=O) groups is 2. The van der Waals surface area contributed by atoms with Crippen LogP contribution in [0.15, 0.2) is 18.2 Å². The molecule has 0 radical (unpaired) electrons. The summed E-state index contributed by atoms with van der Waals surface area (Å²) in [5.41, 5.74) is 3.67. The molecule has 112 valence electrons. The van der Waals surface area contributed by atoms with Crippen LogP contribution in [0.25, 0.3) is 0 Å². The second-order valence-corrected chi connectivity index (χ2v) is 5.83. The van der Waals surface area contributed by atoms with Crippen molar-refractivity contribution < 1.29 is 9.59 Å². The predicted octanol–water partition coefficient (Wildman–Crippen LogP) is 1.69. The Morgan fingerprint density at radius 3 is 2.86 bits per heavy atom. The maximum atomic E-state index is 12.6. The lowest BCUT2D eigenvalue weighted by Crippen LogP contribution is -2.49. The van der Waals surface area contributed by atoms with Gasteiger partial charge in [0.05, 0.1) is 0 Å². The fourth-order valence-corrected chi connectivity index (χ4v) is 3.20. The average Bonchev–Trinajstić information content (AvgIpc) is 2.91. The van der Waals surface area contributed by atoms with Gasteiger partial charge in [-0.15, -0.1) is 0 Å². The highest BCUT2D eigenvalue weighted by molar-refractivity contribution is 5.99. The lowest BCUT2D eigenvalue weighted by atomic mass is 9.98. The van der Waals surface area contributed by atoms with Crippen molar-refractivity contribution in [2.75, 3.05) is 24.5 Å². The number of imide groups is 1. The number of benzene rings is 1. The minimum atomic E-state index is -0.310. The Bertz CT molecular complexity index is 585. The first kappa shape index (κ1) is 13.9. The maximum Gasteiger partial charge on any atom is 0.324 e. The number of carbonyl (C=O) groups excluding carboxylic acids is 2. The zero-order chi connectivity index (χ0) is 15.0. The average molecular weight is 287 g/mol. The summed E-state index contributed by atoms with van der Waals surface area (Å²) in [6.07, 6.45) is 2.10. The van der Waals surface area contributed by atoms with Gasteiger partial charge in [0, 0.05) is 25.3 Å². The molecule has 0 aliphatic carbocycles. The van der Waals surface area contributed by atoms with Gasteiger partial charge in [0.2, 0.25) is 0 Å². The topological polar surface area (TPSA) is 52.7 Å². The molecule has 2 heterocycles. The molecular weight excluding hydrogens is 266 g/mol. The number of hydrogen-bond donors (Lipinski definition) is 1. The Labute approximate surface area is 124 Å². The molecule has 0 spiro atoms. The van der Waals surface area contributed by atoms with E-state index in [4.69, 9.17) is 0 Å². The van der Waals surface area contributed by atoms with Gasteiger partial charge >= 0.3 is 6.03 Å². The van der Waals surface area contributed by atoms with Crippen LogP contribution in [0.4, 0.5) is 10.5 Å². The standard InChI is InChI=1S/C16H21N3O2/c1-11-5-6-14-13(10-11)4-3-8-18(14)12(2)15(20)19-9-7-17-16(19)21/h5-6,10,12H,3-4,7-9H2,1-2H3,(H,17,21). The third kappa shape index (κ3) is 2.48. The van der Waals surface area contributed by atoms with E-state index in [0.717, 1.165) is 25.1 Å². The molecule has 1 saturated heterocycles. The molecule has 0 saturated carbocycles. The molecule has 2 aliphatic rings. The number of nitrogens with zero attached hydrogens (tertiary/aromatic N) is 2. The second kappa shape index (κ2) is 5.39. The van der Waals surface area contributed by atoms with Crippen LogP contribution >= 0.6 is 0 Å². The van der Waals surface area contributed by atoms with E-state index in [2.05, 4.69) is 35.3 Å². The zero-order valence-electron chi connectivity index (χ0n) is 12.6. The van der Waals surface area contributed by atoms with Gasteiger partial charge in [0.1, 0.15) is 6.04 Å². The van der Waals surface area contributed by atoms with Crippen molar-refractivity contribution in [3.05, 3.63) is 29.3 Å². The number of hydrogen-bond acceptors (Lipinski definition) is 3. The fourth-order valence-electron chi connectivity index (χ4n) is 3.20. The van der Waals surface area contributed by atoms with Gasteiger partial charge < -0.3 is 10.2 Å². The van der Waals surface area contributed by atoms with E-state index >= 15 is 0 Å². The number of urea groups is 1. The Kier molecular flexibility index (Phi) is 3.57. The van der Waals surface area contributed by atoms with Crippen molar-refractivity contribution in [2.45, 2.75) is 32.7 Å². The van der Waals surface area contributed by atoms with Gasteiger partial charge in [-0.2, -0.15) is 0 Å². The van der Waals surface area contributed by atoms with E-state index in [-0.39, 0.29) is 18.0 Å². The third-order valence-electron chi connectivity index (χ3n) is 4.34. The lowest BCUT2D eigenvalue weighted by Gasteiger charge is -2.36. The molecule has 3 rings (SSSR count). The fraction of sp³-hybridized carbons (Fsp3) is 0.500.